The van der Waals surface area contributed by atoms with Crippen LogP contribution in [-0.4, -0.2) is 49.6 Å². The molecule has 0 aromatic rings. The van der Waals surface area contributed by atoms with E-state index in [2.05, 4.69) is 36.3 Å². The zero-order chi connectivity index (χ0) is 12.0. The van der Waals surface area contributed by atoms with E-state index in [4.69, 9.17) is 0 Å². The maximum Gasteiger partial charge on any atom is 0.234 e. The zero-order valence-corrected chi connectivity index (χ0v) is 10.8. The van der Waals surface area contributed by atoms with Crippen LogP contribution in [0.3, 0.4) is 0 Å². The second-order valence-corrected chi connectivity index (χ2v) is 5.12. The van der Waals surface area contributed by atoms with E-state index in [1.807, 2.05) is 0 Å². The van der Waals surface area contributed by atoms with Crippen molar-refractivity contribution in [3.05, 3.63) is 0 Å². The Morgan fingerprint density at radius 2 is 2.31 bits per heavy atom. The molecular weight excluding hydrogens is 202 g/mol. The molecule has 1 rings (SSSR count). The summed E-state index contributed by atoms with van der Waals surface area (Å²) in [6.45, 7) is 10.8. The number of nitrogens with zero attached hydrogens (tertiary/aromatic N) is 1. The van der Waals surface area contributed by atoms with Gasteiger partial charge in [0, 0.05) is 32.2 Å². The quantitative estimate of drug-likeness (QED) is 0.716. The lowest BCUT2D eigenvalue weighted by Gasteiger charge is -2.31. The average Bonchev–Trinajstić information content (AvgIpc) is 2.16. The molecule has 0 bridgehead atoms. The summed E-state index contributed by atoms with van der Waals surface area (Å²) < 4.78 is 0. The lowest BCUT2D eigenvalue weighted by atomic mass is 10.1. The van der Waals surface area contributed by atoms with Gasteiger partial charge in [0.1, 0.15) is 0 Å². The molecule has 0 saturated carbocycles. The Morgan fingerprint density at radius 1 is 1.56 bits per heavy atom. The zero-order valence-electron chi connectivity index (χ0n) is 10.8. The van der Waals surface area contributed by atoms with Crippen LogP contribution in [0.25, 0.3) is 0 Å². The fraction of sp³-hybridized carbons (Fsp3) is 0.917. The topological polar surface area (TPSA) is 44.4 Å². The molecule has 94 valence electrons. The third kappa shape index (κ3) is 5.47. The van der Waals surface area contributed by atoms with E-state index in [1.165, 1.54) is 0 Å². The summed E-state index contributed by atoms with van der Waals surface area (Å²) in [7, 11) is 0. The van der Waals surface area contributed by atoms with E-state index in [0.29, 0.717) is 18.5 Å². The number of rotatable bonds is 5. The Labute approximate surface area is 98.8 Å². The highest BCUT2D eigenvalue weighted by Crippen LogP contribution is 1.98. The Kier molecular flexibility index (Phi) is 5.77. The summed E-state index contributed by atoms with van der Waals surface area (Å²) >= 11 is 0. The van der Waals surface area contributed by atoms with E-state index in [1.54, 1.807) is 0 Å². The molecule has 1 amide bonds. The van der Waals surface area contributed by atoms with Crippen LogP contribution in [0.15, 0.2) is 0 Å². The first kappa shape index (κ1) is 13.5. The van der Waals surface area contributed by atoms with Gasteiger partial charge >= 0.3 is 0 Å². The Bertz CT molecular complexity index is 218. The van der Waals surface area contributed by atoms with Crippen molar-refractivity contribution in [1.82, 2.24) is 15.5 Å². The molecule has 1 atom stereocenters. The van der Waals surface area contributed by atoms with Crippen LogP contribution in [0.4, 0.5) is 0 Å². The molecule has 0 aromatic carbocycles. The fourth-order valence-electron chi connectivity index (χ4n) is 1.92. The van der Waals surface area contributed by atoms with Crippen LogP contribution < -0.4 is 10.6 Å². The molecule has 1 unspecified atom stereocenters. The minimum atomic E-state index is 0.162. The van der Waals surface area contributed by atoms with Gasteiger partial charge in [-0.3, -0.25) is 9.69 Å². The Hall–Kier alpha value is -0.610. The number of piperazine rings is 1. The maximum absolute atomic E-state index is 11.6. The average molecular weight is 227 g/mol. The summed E-state index contributed by atoms with van der Waals surface area (Å²) in [6, 6.07) is 0.497. The van der Waals surface area contributed by atoms with Gasteiger partial charge in [-0.2, -0.15) is 0 Å². The standard InChI is InChI=1S/C12H25N3O/c1-10(2)4-5-14-12(16)9-15-7-6-13-11(3)8-15/h10-11,13H,4-9H2,1-3H3,(H,14,16). The van der Waals surface area contributed by atoms with Crippen LogP contribution in [0.2, 0.25) is 0 Å². The second kappa shape index (κ2) is 6.86. The molecule has 0 spiro atoms. The lowest BCUT2D eigenvalue weighted by Crippen LogP contribution is -2.51. The molecule has 1 heterocycles. The highest BCUT2D eigenvalue weighted by Gasteiger charge is 2.17. The van der Waals surface area contributed by atoms with E-state index in [-0.39, 0.29) is 5.91 Å². The second-order valence-electron chi connectivity index (χ2n) is 5.12. The van der Waals surface area contributed by atoms with Gasteiger partial charge in [-0.05, 0) is 19.3 Å². The van der Waals surface area contributed by atoms with Crippen molar-refractivity contribution >= 4 is 5.91 Å². The number of hydrogen-bond donors (Lipinski definition) is 2. The fourth-order valence-corrected chi connectivity index (χ4v) is 1.92. The largest absolute Gasteiger partial charge is 0.355 e. The Balaban J connectivity index is 2.13. The smallest absolute Gasteiger partial charge is 0.234 e. The van der Waals surface area contributed by atoms with Crippen LogP contribution in [-0.2, 0) is 4.79 Å². The molecule has 2 N–H and O–H groups in total. The van der Waals surface area contributed by atoms with Gasteiger partial charge < -0.3 is 10.6 Å². The Morgan fingerprint density at radius 3 is 2.94 bits per heavy atom. The van der Waals surface area contributed by atoms with Crippen LogP contribution in [0, 0.1) is 5.92 Å². The molecule has 0 radical (unpaired) electrons. The molecule has 0 aliphatic carbocycles. The van der Waals surface area contributed by atoms with Gasteiger partial charge in [0.25, 0.3) is 0 Å². The summed E-state index contributed by atoms with van der Waals surface area (Å²) in [5.74, 6) is 0.814. The number of nitrogens with one attached hydrogen (secondary N) is 2. The highest BCUT2D eigenvalue weighted by atomic mass is 16.2. The van der Waals surface area contributed by atoms with Gasteiger partial charge in [0.05, 0.1) is 6.54 Å². The molecule has 1 saturated heterocycles. The third-order valence-electron chi connectivity index (χ3n) is 2.86. The van der Waals surface area contributed by atoms with Crippen molar-refractivity contribution in [2.45, 2.75) is 33.2 Å². The van der Waals surface area contributed by atoms with E-state index < -0.39 is 0 Å². The first-order valence-corrected chi connectivity index (χ1v) is 6.30. The predicted octanol–water partition coefficient (Wildman–Crippen LogP) is 0.442. The number of hydrogen-bond acceptors (Lipinski definition) is 3. The molecular formula is C12H25N3O. The van der Waals surface area contributed by atoms with Crippen LogP contribution in [0.1, 0.15) is 27.2 Å². The minimum Gasteiger partial charge on any atom is -0.355 e. The minimum absolute atomic E-state index is 0.162. The lowest BCUT2D eigenvalue weighted by molar-refractivity contribution is -0.122. The highest BCUT2D eigenvalue weighted by molar-refractivity contribution is 5.77. The number of carbonyl (C=O) groups is 1. The van der Waals surface area contributed by atoms with Crippen molar-refractivity contribution in [3.8, 4) is 0 Å². The van der Waals surface area contributed by atoms with Gasteiger partial charge in [-0.25, -0.2) is 0 Å². The van der Waals surface area contributed by atoms with Gasteiger partial charge in [0.2, 0.25) is 5.91 Å². The van der Waals surface area contributed by atoms with Gasteiger partial charge in [-0.15, -0.1) is 0 Å². The number of amides is 1. The van der Waals surface area contributed by atoms with Gasteiger partial charge in [0.15, 0.2) is 0 Å². The van der Waals surface area contributed by atoms with Crippen molar-refractivity contribution in [2.24, 2.45) is 5.92 Å². The monoisotopic (exact) mass is 227 g/mol. The predicted molar refractivity (Wildman–Crippen MR) is 66.4 cm³/mol. The van der Waals surface area contributed by atoms with Crippen molar-refractivity contribution < 1.29 is 4.79 Å². The summed E-state index contributed by atoms with van der Waals surface area (Å²) in [6.07, 6.45) is 1.06. The molecule has 16 heavy (non-hydrogen) atoms. The van der Waals surface area contributed by atoms with Crippen molar-refractivity contribution in [3.63, 3.8) is 0 Å². The van der Waals surface area contributed by atoms with Crippen LogP contribution in [0.5, 0.6) is 0 Å². The normalized spacial score (nSPS) is 22.4. The summed E-state index contributed by atoms with van der Waals surface area (Å²) in [5.41, 5.74) is 0. The van der Waals surface area contributed by atoms with Crippen molar-refractivity contribution in [1.29, 1.82) is 0 Å². The van der Waals surface area contributed by atoms with E-state index >= 15 is 0 Å². The molecule has 4 heteroatoms. The molecule has 4 nitrogen and oxygen atoms in total. The van der Waals surface area contributed by atoms with E-state index in [9.17, 15) is 4.79 Å². The summed E-state index contributed by atoms with van der Waals surface area (Å²) in [5, 5.41) is 6.35. The first-order chi connectivity index (χ1) is 7.58. The third-order valence-corrected chi connectivity index (χ3v) is 2.86. The molecule has 0 aromatic heterocycles. The van der Waals surface area contributed by atoms with Gasteiger partial charge in [-0.1, -0.05) is 13.8 Å². The maximum atomic E-state index is 11.6. The molecule has 1 fully saturated rings. The first-order valence-electron chi connectivity index (χ1n) is 6.30. The van der Waals surface area contributed by atoms with Crippen LogP contribution >= 0.6 is 0 Å². The van der Waals surface area contributed by atoms with E-state index in [0.717, 1.165) is 32.6 Å². The summed E-state index contributed by atoms with van der Waals surface area (Å²) in [4.78, 5) is 13.8. The molecule has 1 aliphatic rings. The van der Waals surface area contributed by atoms with Crippen molar-refractivity contribution in [2.75, 3.05) is 32.7 Å². The number of carbonyl (C=O) groups excluding carboxylic acids is 1. The molecule has 1 aliphatic heterocycles. The SMILES string of the molecule is CC(C)CCNC(=O)CN1CCNC(C)C1.